The number of hydrogen-bond acceptors (Lipinski definition) is 7. The number of methoxy groups -OCH3 is 1. The first-order valence-corrected chi connectivity index (χ1v) is 9.00. The summed E-state index contributed by atoms with van der Waals surface area (Å²) >= 11 is 9.96. The molecule has 0 fully saturated rings. The smallest absolute Gasteiger partial charge is 0.342 e. The standard InChI is InChI=1S/C16H10BrClN2O5S/c1-23-11-4-2-8(18)6-10(11)14-19-20-16(25-14)26-12(15(21)22)7-9-3-5-13(17)24-9/h2-7H,1H3,(H,21,22)/b12-7-. The summed E-state index contributed by atoms with van der Waals surface area (Å²) in [6.45, 7) is 0. The highest BCUT2D eigenvalue weighted by atomic mass is 79.9. The zero-order chi connectivity index (χ0) is 18.7. The molecule has 0 saturated heterocycles. The first-order valence-electron chi connectivity index (χ1n) is 7.02. The van der Waals surface area contributed by atoms with E-state index in [1.807, 2.05) is 0 Å². The molecule has 1 aromatic carbocycles. The van der Waals surface area contributed by atoms with E-state index in [0.717, 1.165) is 11.8 Å². The van der Waals surface area contributed by atoms with Crippen LogP contribution in [0.5, 0.6) is 5.75 Å². The molecule has 0 aliphatic carbocycles. The van der Waals surface area contributed by atoms with Crippen LogP contribution in [0, 0.1) is 0 Å². The fourth-order valence-electron chi connectivity index (χ4n) is 1.97. The molecule has 10 heteroatoms. The van der Waals surface area contributed by atoms with Crippen LogP contribution in [0.15, 0.2) is 54.0 Å². The number of halogens is 2. The number of carboxylic acids is 1. The average Bonchev–Trinajstić information content (AvgIpc) is 3.23. The van der Waals surface area contributed by atoms with Gasteiger partial charge >= 0.3 is 5.97 Å². The topological polar surface area (TPSA) is 98.6 Å². The van der Waals surface area contributed by atoms with E-state index >= 15 is 0 Å². The van der Waals surface area contributed by atoms with Crippen molar-refractivity contribution in [3.05, 3.63) is 50.7 Å². The Labute approximate surface area is 165 Å². The number of ether oxygens (including phenoxy) is 1. The van der Waals surface area contributed by atoms with Crippen LogP contribution < -0.4 is 4.74 Å². The van der Waals surface area contributed by atoms with Crippen LogP contribution in [0.1, 0.15) is 5.76 Å². The van der Waals surface area contributed by atoms with Crippen molar-refractivity contribution in [3.63, 3.8) is 0 Å². The monoisotopic (exact) mass is 456 g/mol. The van der Waals surface area contributed by atoms with Crippen LogP contribution in [0.3, 0.4) is 0 Å². The molecule has 0 atom stereocenters. The molecule has 1 N–H and O–H groups in total. The minimum Gasteiger partial charge on any atom is -0.496 e. The van der Waals surface area contributed by atoms with E-state index < -0.39 is 5.97 Å². The van der Waals surface area contributed by atoms with Crippen LogP contribution in [0.4, 0.5) is 0 Å². The third-order valence-electron chi connectivity index (χ3n) is 3.07. The predicted octanol–water partition coefficient (Wildman–Crippen LogP) is 4.97. The van der Waals surface area contributed by atoms with Crippen molar-refractivity contribution in [3.8, 4) is 17.2 Å². The number of aliphatic carboxylic acids is 1. The summed E-state index contributed by atoms with van der Waals surface area (Å²) in [5.41, 5.74) is 0.509. The molecular weight excluding hydrogens is 448 g/mol. The van der Waals surface area contributed by atoms with Gasteiger partial charge < -0.3 is 18.7 Å². The molecule has 0 spiro atoms. The van der Waals surface area contributed by atoms with E-state index in [-0.39, 0.29) is 16.0 Å². The fraction of sp³-hybridized carbons (Fsp3) is 0.0625. The lowest BCUT2D eigenvalue weighted by molar-refractivity contribution is -0.131. The zero-order valence-corrected chi connectivity index (χ0v) is 16.3. The van der Waals surface area contributed by atoms with Crippen molar-refractivity contribution in [1.82, 2.24) is 10.2 Å². The second kappa shape index (κ2) is 7.98. The molecule has 26 heavy (non-hydrogen) atoms. The van der Waals surface area contributed by atoms with Crippen LogP contribution >= 0.6 is 39.3 Å². The zero-order valence-electron chi connectivity index (χ0n) is 13.1. The molecule has 0 aliphatic heterocycles. The largest absolute Gasteiger partial charge is 0.496 e. The second-order valence-corrected chi connectivity index (χ2v) is 6.99. The van der Waals surface area contributed by atoms with Crippen LogP contribution in [-0.2, 0) is 4.79 Å². The molecule has 3 rings (SSSR count). The van der Waals surface area contributed by atoms with E-state index in [1.54, 1.807) is 30.3 Å². The van der Waals surface area contributed by atoms with Crippen LogP contribution in [0.2, 0.25) is 5.02 Å². The Morgan fingerprint density at radius 1 is 1.31 bits per heavy atom. The van der Waals surface area contributed by atoms with E-state index in [9.17, 15) is 9.90 Å². The number of nitrogens with zero attached hydrogens (tertiary/aromatic N) is 2. The minimum absolute atomic E-state index is 0.0416. The highest BCUT2D eigenvalue weighted by molar-refractivity contribution is 9.10. The van der Waals surface area contributed by atoms with Gasteiger partial charge in [0.15, 0.2) is 4.67 Å². The number of benzene rings is 1. The maximum atomic E-state index is 11.5. The number of furan rings is 1. The second-order valence-electron chi connectivity index (χ2n) is 4.78. The van der Waals surface area contributed by atoms with Crippen molar-refractivity contribution in [2.75, 3.05) is 7.11 Å². The SMILES string of the molecule is COc1ccc(Cl)cc1-c1nnc(S/C(=C\c2ccc(Br)o2)C(=O)O)o1. The normalized spacial score (nSPS) is 11.6. The summed E-state index contributed by atoms with van der Waals surface area (Å²) in [5, 5.41) is 17.7. The summed E-state index contributed by atoms with van der Waals surface area (Å²) in [6, 6.07) is 8.25. The predicted molar refractivity (Wildman–Crippen MR) is 99.2 cm³/mol. The highest BCUT2D eigenvalue weighted by Gasteiger charge is 2.18. The fourth-order valence-corrected chi connectivity index (χ4v) is 3.12. The first kappa shape index (κ1) is 18.6. The number of aromatic nitrogens is 2. The Bertz CT molecular complexity index is 985. The minimum atomic E-state index is -1.15. The van der Waals surface area contributed by atoms with Gasteiger partial charge in [0.2, 0.25) is 0 Å². The van der Waals surface area contributed by atoms with Gasteiger partial charge in [-0.2, -0.15) is 0 Å². The van der Waals surface area contributed by atoms with Gasteiger partial charge in [-0.25, -0.2) is 4.79 Å². The molecule has 0 amide bonds. The molecule has 0 aliphatic rings. The van der Waals surface area contributed by atoms with E-state index in [1.165, 1.54) is 13.2 Å². The van der Waals surface area contributed by atoms with Crippen molar-refractivity contribution in [1.29, 1.82) is 0 Å². The Hall–Kier alpha value is -2.23. The lowest BCUT2D eigenvalue weighted by Crippen LogP contribution is -1.96. The van der Waals surface area contributed by atoms with Crippen molar-refractivity contribution in [2.24, 2.45) is 0 Å². The molecule has 0 unspecified atom stereocenters. The third kappa shape index (κ3) is 4.29. The number of rotatable bonds is 6. The summed E-state index contributed by atoms with van der Waals surface area (Å²) in [7, 11) is 1.51. The molecule has 0 bridgehead atoms. The Morgan fingerprint density at radius 3 is 2.77 bits per heavy atom. The highest BCUT2D eigenvalue weighted by Crippen LogP contribution is 2.35. The number of hydrogen-bond donors (Lipinski definition) is 1. The van der Waals surface area contributed by atoms with Gasteiger partial charge in [-0.3, -0.25) is 0 Å². The van der Waals surface area contributed by atoms with Crippen molar-refractivity contribution in [2.45, 2.75) is 5.22 Å². The summed E-state index contributed by atoms with van der Waals surface area (Å²) in [6.07, 6.45) is 1.36. The van der Waals surface area contributed by atoms with Gasteiger partial charge in [-0.15, -0.1) is 10.2 Å². The molecule has 2 heterocycles. The Morgan fingerprint density at radius 2 is 2.12 bits per heavy atom. The van der Waals surface area contributed by atoms with E-state index in [0.29, 0.717) is 26.8 Å². The lowest BCUT2D eigenvalue weighted by Gasteiger charge is -2.04. The summed E-state index contributed by atoms with van der Waals surface area (Å²) in [5.74, 6) is -0.109. The quantitative estimate of drug-likeness (QED) is 0.409. The molecular formula is C16H10BrClN2O5S. The molecule has 2 aromatic heterocycles. The van der Waals surface area contributed by atoms with Gasteiger partial charge in [-0.1, -0.05) is 11.6 Å². The van der Waals surface area contributed by atoms with Crippen molar-refractivity contribution < 1.29 is 23.5 Å². The number of thioether (sulfide) groups is 1. The van der Waals surface area contributed by atoms with Gasteiger partial charge in [0.1, 0.15) is 16.4 Å². The maximum Gasteiger partial charge on any atom is 0.342 e. The molecule has 3 aromatic rings. The summed E-state index contributed by atoms with van der Waals surface area (Å²) in [4.78, 5) is 11.4. The van der Waals surface area contributed by atoms with Gasteiger partial charge in [0.05, 0.1) is 12.7 Å². The maximum absolute atomic E-state index is 11.5. The van der Waals surface area contributed by atoms with Gasteiger partial charge in [0, 0.05) is 11.1 Å². The Kier molecular flexibility index (Phi) is 5.70. The van der Waals surface area contributed by atoms with Crippen LogP contribution in [0.25, 0.3) is 17.5 Å². The Balaban J connectivity index is 1.88. The van der Waals surface area contributed by atoms with Gasteiger partial charge in [-0.05, 0) is 58.0 Å². The molecule has 7 nitrogen and oxygen atoms in total. The molecule has 0 radical (unpaired) electrons. The number of carbonyl (C=O) groups is 1. The van der Waals surface area contributed by atoms with E-state index in [4.69, 9.17) is 25.2 Å². The van der Waals surface area contributed by atoms with Gasteiger partial charge in [0.25, 0.3) is 11.1 Å². The molecule has 0 saturated carbocycles. The third-order valence-corrected chi connectivity index (χ3v) is 4.59. The van der Waals surface area contributed by atoms with Crippen LogP contribution in [-0.4, -0.2) is 28.4 Å². The average molecular weight is 458 g/mol. The number of carboxylic acid groups (broad SMARTS) is 1. The lowest BCUT2D eigenvalue weighted by atomic mass is 10.2. The van der Waals surface area contributed by atoms with E-state index in [2.05, 4.69) is 26.1 Å². The first-order chi connectivity index (χ1) is 12.5. The van der Waals surface area contributed by atoms with Crippen molar-refractivity contribution >= 4 is 51.3 Å². The summed E-state index contributed by atoms with van der Waals surface area (Å²) < 4.78 is 16.6. The molecule has 134 valence electrons.